The van der Waals surface area contributed by atoms with Crippen LogP contribution in [0.3, 0.4) is 0 Å². The zero-order chi connectivity index (χ0) is 20.4. The van der Waals surface area contributed by atoms with Gasteiger partial charge >= 0.3 is 0 Å². The number of hydrogen-bond acceptors (Lipinski definition) is 4. The van der Waals surface area contributed by atoms with E-state index in [0.717, 1.165) is 36.5 Å². The third-order valence-corrected chi connectivity index (χ3v) is 5.10. The second-order valence-corrected chi connectivity index (χ2v) is 8.04. The maximum Gasteiger partial charge on any atom is 0.193 e. The van der Waals surface area contributed by atoms with Gasteiger partial charge in [0.15, 0.2) is 5.96 Å². The summed E-state index contributed by atoms with van der Waals surface area (Å²) in [6.07, 6.45) is 2.59. The predicted octanol–water partition coefficient (Wildman–Crippen LogP) is 3.57. The van der Waals surface area contributed by atoms with Gasteiger partial charge in [0, 0.05) is 33.7 Å². The number of piperidine rings is 1. The van der Waals surface area contributed by atoms with Crippen LogP contribution >= 0.6 is 24.0 Å². The van der Waals surface area contributed by atoms with Gasteiger partial charge in [0.1, 0.15) is 18.1 Å². The molecule has 0 aliphatic carbocycles. The first kappa shape index (κ1) is 25.8. The molecule has 1 aliphatic rings. The Morgan fingerprint density at radius 2 is 1.97 bits per heavy atom. The minimum Gasteiger partial charge on any atom is -0.497 e. The number of hydrogen-bond donors (Lipinski definition) is 1. The molecule has 166 valence electrons. The normalized spacial score (nSPS) is 17.6. The SMILES string of the molecule is CN=C(NCC1CCCN(CC(C)C)C1)N(C)CCOc1ccc(OC)cc1.I. The zero-order valence-corrected chi connectivity index (χ0v) is 21.0. The average molecular weight is 518 g/mol. The lowest BCUT2D eigenvalue weighted by Gasteiger charge is -2.34. The van der Waals surface area contributed by atoms with Gasteiger partial charge in [-0.15, -0.1) is 24.0 Å². The quantitative estimate of drug-likeness (QED) is 0.308. The molecule has 0 bridgehead atoms. The van der Waals surface area contributed by atoms with E-state index in [2.05, 4.69) is 41.0 Å². The van der Waals surface area contributed by atoms with Crippen molar-refractivity contribution in [1.82, 2.24) is 15.1 Å². The molecular formula is C22H39IN4O2. The van der Waals surface area contributed by atoms with E-state index in [4.69, 9.17) is 9.47 Å². The lowest BCUT2D eigenvalue weighted by Crippen LogP contribution is -2.46. The topological polar surface area (TPSA) is 49.3 Å². The molecule has 0 saturated carbocycles. The van der Waals surface area contributed by atoms with Crippen LogP contribution in [-0.4, -0.2) is 76.3 Å². The van der Waals surface area contributed by atoms with E-state index in [1.165, 1.54) is 32.5 Å². The predicted molar refractivity (Wildman–Crippen MR) is 132 cm³/mol. The van der Waals surface area contributed by atoms with E-state index in [1.807, 2.05) is 31.3 Å². The number of methoxy groups -OCH3 is 1. The highest BCUT2D eigenvalue weighted by Crippen LogP contribution is 2.18. The van der Waals surface area contributed by atoms with Crippen molar-refractivity contribution in [1.29, 1.82) is 0 Å². The molecule has 1 atom stereocenters. The average Bonchev–Trinajstić information content (AvgIpc) is 2.69. The smallest absolute Gasteiger partial charge is 0.193 e. The van der Waals surface area contributed by atoms with Gasteiger partial charge in [-0.25, -0.2) is 0 Å². The van der Waals surface area contributed by atoms with E-state index >= 15 is 0 Å². The van der Waals surface area contributed by atoms with Crippen molar-refractivity contribution < 1.29 is 9.47 Å². The van der Waals surface area contributed by atoms with Gasteiger partial charge in [-0.05, 0) is 55.5 Å². The summed E-state index contributed by atoms with van der Waals surface area (Å²) in [7, 11) is 5.56. The lowest BCUT2D eigenvalue weighted by atomic mass is 9.97. The number of guanidine groups is 1. The van der Waals surface area contributed by atoms with Gasteiger partial charge < -0.3 is 24.6 Å². The summed E-state index contributed by atoms with van der Waals surface area (Å²) in [5.41, 5.74) is 0. The molecule has 1 heterocycles. The van der Waals surface area contributed by atoms with Crippen LogP contribution in [0.2, 0.25) is 0 Å². The number of nitrogens with zero attached hydrogens (tertiary/aromatic N) is 3. The van der Waals surface area contributed by atoms with Crippen LogP contribution in [0.25, 0.3) is 0 Å². The first-order valence-corrected chi connectivity index (χ1v) is 10.4. The number of nitrogens with one attached hydrogen (secondary N) is 1. The van der Waals surface area contributed by atoms with Crippen molar-refractivity contribution in [3.8, 4) is 11.5 Å². The number of benzene rings is 1. The van der Waals surface area contributed by atoms with Crippen LogP contribution in [0.5, 0.6) is 11.5 Å². The number of halogens is 1. The van der Waals surface area contributed by atoms with Gasteiger partial charge in [0.2, 0.25) is 0 Å². The minimum absolute atomic E-state index is 0. The molecule has 1 aliphatic heterocycles. The Hall–Kier alpha value is -1.22. The fraction of sp³-hybridized carbons (Fsp3) is 0.682. The van der Waals surface area contributed by atoms with Gasteiger partial charge in [-0.2, -0.15) is 0 Å². The standard InChI is InChI=1S/C22H38N4O2.HI/c1-18(2)16-26-12-6-7-19(17-26)15-24-22(23-3)25(4)13-14-28-21-10-8-20(27-5)9-11-21;/h8-11,18-19H,6-7,12-17H2,1-5H3,(H,23,24);1H. The van der Waals surface area contributed by atoms with Gasteiger partial charge in [0.25, 0.3) is 0 Å². The molecule has 0 amide bonds. The largest absolute Gasteiger partial charge is 0.497 e. The molecular weight excluding hydrogens is 479 g/mol. The minimum atomic E-state index is 0. The van der Waals surface area contributed by atoms with E-state index in [0.29, 0.717) is 12.5 Å². The van der Waals surface area contributed by atoms with E-state index < -0.39 is 0 Å². The van der Waals surface area contributed by atoms with E-state index in [1.54, 1.807) is 7.11 Å². The molecule has 0 radical (unpaired) electrons. The lowest BCUT2D eigenvalue weighted by molar-refractivity contribution is 0.159. The van der Waals surface area contributed by atoms with Crippen LogP contribution in [0, 0.1) is 11.8 Å². The molecule has 0 aromatic heterocycles. The maximum absolute atomic E-state index is 5.83. The van der Waals surface area contributed by atoms with Gasteiger partial charge in [0.05, 0.1) is 13.7 Å². The Bertz CT molecular complexity index is 595. The van der Waals surface area contributed by atoms with Crippen molar-refractivity contribution in [2.24, 2.45) is 16.8 Å². The Balaban J connectivity index is 0.00000420. The maximum atomic E-state index is 5.83. The van der Waals surface area contributed by atoms with Crippen molar-refractivity contribution in [2.45, 2.75) is 26.7 Å². The molecule has 1 aromatic carbocycles. The van der Waals surface area contributed by atoms with E-state index in [9.17, 15) is 0 Å². The molecule has 1 aromatic rings. The second kappa shape index (κ2) is 13.9. The summed E-state index contributed by atoms with van der Waals surface area (Å²) < 4.78 is 11.0. The molecule has 1 fully saturated rings. The van der Waals surface area contributed by atoms with Crippen molar-refractivity contribution in [2.75, 3.05) is 60.5 Å². The summed E-state index contributed by atoms with van der Waals surface area (Å²) in [5.74, 6) is 4.04. The van der Waals surface area contributed by atoms with Crippen LogP contribution in [0.4, 0.5) is 0 Å². The van der Waals surface area contributed by atoms with Crippen molar-refractivity contribution >= 4 is 29.9 Å². The van der Waals surface area contributed by atoms with Crippen LogP contribution < -0.4 is 14.8 Å². The Morgan fingerprint density at radius 1 is 1.28 bits per heavy atom. The second-order valence-electron chi connectivity index (χ2n) is 8.04. The number of aliphatic imine (C=N–C) groups is 1. The first-order valence-electron chi connectivity index (χ1n) is 10.4. The fourth-order valence-corrected chi connectivity index (χ4v) is 3.70. The third-order valence-electron chi connectivity index (χ3n) is 5.10. The van der Waals surface area contributed by atoms with Crippen LogP contribution in [0.15, 0.2) is 29.3 Å². The van der Waals surface area contributed by atoms with Gasteiger partial charge in [-0.3, -0.25) is 4.99 Å². The van der Waals surface area contributed by atoms with Crippen LogP contribution in [0.1, 0.15) is 26.7 Å². The fourth-order valence-electron chi connectivity index (χ4n) is 3.70. The third kappa shape index (κ3) is 9.42. The summed E-state index contributed by atoms with van der Waals surface area (Å²) in [6.45, 7) is 10.6. The highest BCUT2D eigenvalue weighted by atomic mass is 127. The summed E-state index contributed by atoms with van der Waals surface area (Å²) in [5, 5.41) is 3.55. The number of rotatable bonds is 9. The number of likely N-dealkylation sites (N-methyl/N-ethyl adjacent to an activating group) is 1. The molecule has 6 nitrogen and oxygen atoms in total. The zero-order valence-electron chi connectivity index (χ0n) is 18.7. The molecule has 29 heavy (non-hydrogen) atoms. The van der Waals surface area contributed by atoms with E-state index in [-0.39, 0.29) is 24.0 Å². The molecule has 1 N–H and O–H groups in total. The number of likely N-dealkylation sites (tertiary alicyclic amines) is 1. The Morgan fingerprint density at radius 3 is 2.59 bits per heavy atom. The number of ether oxygens (including phenoxy) is 2. The summed E-state index contributed by atoms with van der Waals surface area (Å²) in [4.78, 5) is 9.16. The highest BCUT2D eigenvalue weighted by molar-refractivity contribution is 14.0. The Kier molecular flexibility index (Phi) is 12.4. The molecule has 0 spiro atoms. The van der Waals surface area contributed by atoms with Gasteiger partial charge in [-0.1, -0.05) is 13.8 Å². The highest BCUT2D eigenvalue weighted by Gasteiger charge is 2.21. The van der Waals surface area contributed by atoms with Crippen molar-refractivity contribution in [3.05, 3.63) is 24.3 Å². The monoisotopic (exact) mass is 518 g/mol. The van der Waals surface area contributed by atoms with Crippen molar-refractivity contribution in [3.63, 3.8) is 0 Å². The Labute approximate surface area is 194 Å². The first-order chi connectivity index (χ1) is 13.5. The molecule has 1 saturated heterocycles. The molecule has 7 heteroatoms. The van der Waals surface area contributed by atoms with Crippen LogP contribution in [-0.2, 0) is 0 Å². The molecule has 2 rings (SSSR count). The molecule has 1 unspecified atom stereocenters. The summed E-state index contributed by atoms with van der Waals surface area (Å²) in [6, 6.07) is 7.67. The summed E-state index contributed by atoms with van der Waals surface area (Å²) >= 11 is 0.